The molecule has 2 aliphatic heterocycles. The highest BCUT2D eigenvalue weighted by molar-refractivity contribution is 5.81. The lowest BCUT2D eigenvalue weighted by Gasteiger charge is -2.45. The second kappa shape index (κ2) is 7.29. The number of piperidine rings is 1. The van der Waals surface area contributed by atoms with E-state index in [4.69, 9.17) is 4.74 Å². The Kier molecular flexibility index (Phi) is 5.00. The van der Waals surface area contributed by atoms with E-state index in [0.29, 0.717) is 30.8 Å². The van der Waals surface area contributed by atoms with Crippen molar-refractivity contribution in [2.45, 2.75) is 58.3 Å². The van der Waals surface area contributed by atoms with Crippen LogP contribution >= 0.6 is 0 Å². The molecule has 0 aromatic heterocycles. The summed E-state index contributed by atoms with van der Waals surface area (Å²) in [6.07, 6.45) is 5.39. The van der Waals surface area contributed by atoms with Crippen LogP contribution in [0.1, 0.15) is 63.0 Å². The van der Waals surface area contributed by atoms with Crippen molar-refractivity contribution >= 4 is 11.9 Å². The van der Waals surface area contributed by atoms with E-state index in [1.54, 1.807) is 0 Å². The van der Waals surface area contributed by atoms with Gasteiger partial charge in [-0.05, 0) is 55.1 Å². The molecule has 3 aliphatic rings. The molecule has 0 radical (unpaired) electrons. The fourth-order valence-corrected chi connectivity index (χ4v) is 5.20. The molecule has 1 spiro atoms. The Morgan fingerprint density at radius 3 is 2.63 bits per heavy atom. The molecule has 2 heterocycles. The Labute approximate surface area is 162 Å². The highest BCUT2D eigenvalue weighted by Crippen LogP contribution is 2.52. The Hall–Kier alpha value is -1.84. The smallest absolute Gasteiger partial charge is 0.306 e. The maximum absolute atomic E-state index is 12.8. The molecule has 4 rings (SSSR count). The lowest BCUT2D eigenvalue weighted by Crippen LogP contribution is -2.49. The van der Waals surface area contributed by atoms with Crippen LogP contribution in [0.25, 0.3) is 0 Å². The first-order valence-corrected chi connectivity index (χ1v) is 10.5. The number of likely N-dealkylation sites (tertiary alicyclic amines) is 1. The maximum Gasteiger partial charge on any atom is 0.306 e. The molecule has 0 bridgehead atoms. The van der Waals surface area contributed by atoms with Crippen LogP contribution in [0.4, 0.5) is 0 Å². The summed E-state index contributed by atoms with van der Waals surface area (Å²) in [4.78, 5) is 26.2. The van der Waals surface area contributed by atoms with Gasteiger partial charge in [-0.2, -0.15) is 0 Å². The molecule has 0 N–H and O–H groups in total. The molecular weight excluding hydrogens is 338 g/mol. The van der Waals surface area contributed by atoms with Crippen LogP contribution in [0.15, 0.2) is 24.3 Å². The van der Waals surface area contributed by atoms with Gasteiger partial charge in [0.2, 0.25) is 5.91 Å². The molecule has 2 saturated heterocycles. The van der Waals surface area contributed by atoms with E-state index >= 15 is 0 Å². The van der Waals surface area contributed by atoms with Gasteiger partial charge in [-0.15, -0.1) is 0 Å². The number of amides is 1. The number of benzene rings is 1. The van der Waals surface area contributed by atoms with E-state index < -0.39 is 0 Å². The Balaban J connectivity index is 1.29. The molecule has 1 saturated carbocycles. The van der Waals surface area contributed by atoms with Crippen molar-refractivity contribution in [1.29, 1.82) is 0 Å². The standard InChI is InChI=1S/C23H31NO3/c1-16(2)10-17-4-3-5-19(11-17)18-6-8-24(9-7-18)22(26)20-12-23(13-20)14-21(25)27-15-23/h3-5,11,16,18,20H,6-10,12-15H2,1-2H3. The molecule has 1 aromatic rings. The number of hydrogen-bond donors (Lipinski definition) is 0. The zero-order valence-electron chi connectivity index (χ0n) is 16.6. The van der Waals surface area contributed by atoms with Gasteiger partial charge in [-0.25, -0.2) is 0 Å². The molecule has 146 valence electrons. The van der Waals surface area contributed by atoms with Crippen LogP contribution in [0, 0.1) is 17.3 Å². The zero-order valence-corrected chi connectivity index (χ0v) is 16.6. The van der Waals surface area contributed by atoms with Crippen LogP contribution in [0.3, 0.4) is 0 Å². The van der Waals surface area contributed by atoms with Gasteiger partial charge in [0.05, 0.1) is 13.0 Å². The fourth-order valence-electron chi connectivity index (χ4n) is 5.20. The summed E-state index contributed by atoms with van der Waals surface area (Å²) in [6.45, 7) is 6.75. The molecular formula is C23H31NO3. The highest BCUT2D eigenvalue weighted by Gasteiger charge is 2.53. The summed E-state index contributed by atoms with van der Waals surface area (Å²) < 4.78 is 5.12. The number of carbonyl (C=O) groups is 2. The minimum Gasteiger partial charge on any atom is -0.465 e. The maximum atomic E-state index is 12.8. The summed E-state index contributed by atoms with van der Waals surface area (Å²) in [6, 6.07) is 9.03. The Morgan fingerprint density at radius 1 is 1.26 bits per heavy atom. The third kappa shape index (κ3) is 3.90. The number of hydrogen-bond acceptors (Lipinski definition) is 3. The average Bonchev–Trinajstić information content (AvgIpc) is 3.02. The summed E-state index contributed by atoms with van der Waals surface area (Å²) in [7, 11) is 0. The Bertz CT molecular complexity index is 712. The van der Waals surface area contributed by atoms with Crippen molar-refractivity contribution < 1.29 is 14.3 Å². The van der Waals surface area contributed by atoms with Crippen LogP contribution in [-0.2, 0) is 20.7 Å². The van der Waals surface area contributed by atoms with Crippen molar-refractivity contribution in [3.8, 4) is 0 Å². The Morgan fingerprint density at radius 2 is 2.00 bits per heavy atom. The summed E-state index contributed by atoms with van der Waals surface area (Å²) in [5.41, 5.74) is 2.84. The molecule has 3 fully saturated rings. The number of ether oxygens (including phenoxy) is 1. The molecule has 1 aromatic carbocycles. The summed E-state index contributed by atoms with van der Waals surface area (Å²) in [5.74, 6) is 1.54. The predicted octanol–water partition coefficient (Wildman–Crippen LogP) is 3.93. The minimum atomic E-state index is -0.0959. The van der Waals surface area contributed by atoms with Crippen molar-refractivity contribution in [2.75, 3.05) is 19.7 Å². The first kappa shape index (κ1) is 18.5. The number of nitrogens with zero attached hydrogens (tertiary/aromatic N) is 1. The van der Waals surface area contributed by atoms with Gasteiger partial charge < -0.3 is 9.64 Å². The molecule has 27 heavy (non-hydrogen) atoms. The van der Waals surface area contributed by atoms with Crippen LogP contribution in [-0.4, -0.2) is 36.5 Å². The van der Waals surface area contributed by atoms with E-state index in [9.17, 15) is 9.59 Å². The lowest BCUT2D eigenvalue weighted by atomic mass is 9.61. The monoisotopic (exact) mass is 369 g/mol. The van der Waals surface area contributed by atoms with Crippen molar-refractivity contribution in [3.63, 3.8) is 0 Å². The quantitative estimate of drug-likeness (QED) is 0.756. The van der Waals surface area contributed by atoms with Crippen LogP contribution < -0.4 is 0 Å². The van der Waals surface area contributed by atoms with Gasteiger partial charge >= 0.3 is 5.97 Å². The summed E-state index contributed by atoms with van der Waals surface area (Å²) >= 11 is 0. The highest BCUT2D eigenvalue weighted by atomic mass is 16.5. The second-order valence-corrected chi connectivity index (χ2v) is 9.39. The minimum absolute atomic E-state index is 0.0212. The largest absolute Gasteiger partial charge is 0.465 e. The van der Waals surface area contributed by atoms with E-state index in [-0.39, 0.29) is 17.3 Å². The van der Waals surface area contributed by atoms with Gasteiger partial charge in [0.25, 0.3) is 0 Å². The van der Waals surface area contributed by atoms with Gasteiger partial charge in [-0.3, -0.25) is 9.59 Å². The molecule has 4 heteroatoms. The van der Waals surface area contributed by atoms with Crippen molar-refractivity contribution in [3.05, 3.63) is 35.4 Å². The van der Waals surface area contributed by atoms with E-state index in [0.717, 1.165) is 45.2 Å². The second-order valence-electron chi connectivity index (χ2n) is 9.39. The fraction of sp³-hybridized carbons (Fsp3) is 0.652. The van der Waals surface area contributed by atoms with E-state index in [1.165, 1.54) is 11.1 Å². The lowest BCUT2D eigenvalue weighted by molar-refractivity contribution is -0.144. The topological polar surface area (TPSA) is 46.6 Å². The SMILES string of the molecule is CC(C)Cc1cccc(C2CCN(C(=O)C3CC4(COC(=O)C4)C3)CC2)c1. The van der Waals surface area contributed by atoms with Gasteiger partial charge in [-0.1, -0.05) is 38.1 Å². The average molecular weight is 370 g/mol. The first-order chi connectivity index (χ1) is 12.9. The molecule has 1 amide bonds. The van der Waals surface area contributed by atoms with Crippen LogP contribution in [0.2, 0.25) is 0 Å². The molecule has 4 nitrogen and oxygen atoms in total. The van der Waals surface area contributed by atoms with E-state index in [2.05, 4.69) is 43.0 Å². The number of cyclic esters (lactones) is 1. The third-order valence-corrected chi connectivity index (χ3v) is 6.64. The number of esters is 1. The van der Waals surface area contributed by atoms with Crippen molar-refractivity contribution in [2.24, 2.45) is 17.3 Å². The molecule has 0 unspecified atom stereocenters. The van der Waals surface area contributed by atoms with Gasteiger partial charge in [0, 0.05) is 24.4 Å². The number of rotatable bonds is 4. The van der Waals surface area contributed by atoms with Crippen molar-refractivity contribution in [1.82, 2.24) is 4.90 Å². The predicted molar refractivity (Wildman–Crippen MR) is 104 cm³/mol. The van der Waals surface area contributed by atoms with E-state index in [1.807, 2.05) is 0 Å². The molecule has 0 atom stereocenters. The molecule has 1 aliphatic carbocycles. The third-order valence-electron chi connectivity index (χ3n) is 6.64. The normalized spacial score (nSPS) is 28.5. The zero-order chi connectivity index (χ0) is 19.0. The summed E-state index contributed by atoms with van der Waals surface area (Å²) in [5, 5.41) is 0. The first-order valence-electron chi connectivity index (χ1n) is 10.5. The van der Waals surface area contributed by atoms with Crippen LogP contribution in [0.5, 0.6) is 0 Å². The number of carbonyl (C=O) groups excluding carboxylic acids is 2. The van der Waals surface area contributed by atoms with Gasteiger partial charge in [0.15, 0.2) is 0 Å². The van der Waals surface area contributed by atoms with Gasteiger partial charge in [0.1, 0.15) is 0 Å².